The fraction of sp³-hybridized carbons (Fsp3) is 0.625. The van der Waals surface area contributed by atoms with Crippen molar-refractivity contribution in [3.63, 3.8) is 0 Å². The molecule has 0 spiro atoms. The van der Waals surface area contributed by atoms with Crippen molar-refractivity contribution in [1.29, 1.82) is 0 Å². The summed E-state index contributed by atoms with van der Waals surface area (Å²) in [6, 6.07) is 3.99. The Bertz CT molecular complexity index is 472. The largest absolute Gasteiger partial charge is 0.340 e. The molecule has 1 amide bonds. The second-order valence-corrected chi connectivity index (χ2v) is 6.44. The van der Waals surface area contributed by atoms with E-state index in [-0.39, 0.29) is 5.91 Å². The molecule has 0 radical (unpaired) electrons. The first kappa shape index (κ1) is 15.9. The lowest BCUT2D eigenvalue weighted by molar-refractivity contribution is -0.140. The zero-order valence-electron chi connectivity index (χ0n) is 13.1. The van der Waals surface area contributed by atoms with Gasteiger partial charge in [-0.25, -0.2) is 4.39 Å². The van der Waals surface area contributed by atoms with Crippen LogP contribution < -0.4 is 0 Å². The third-order valence-electron chi connectivity index (χ3n) is 3.83. The lowest BCUT2D eigenvalue weighted by atomic mass is 10.1. The molecule has 0 saturated carbocycles. The molecular formula is C16H24FN3O. The minimum Gasteiger partial charge on any atom is -0.340 e. The Balaban J connectivity index is 1.81. The van der Waals surface area contributed by atoms with Crippen LogP contribution in [0.15, 0.2) is 24.5 Å². The van der Waals surface area contributed by atoms with Crippen molar-refractivity contribution in [3.8, 4) is 0 Å². The Morgan fingerprint density at radius 2 is 2.33 bits per heavy atom. The Labute approximate surface area is 126 Å². The van der Waals surface area contributed by atoms with Gasteiger partial charge in [-0.15, -0.1) is 0 Å². The Hall–Kier alpha value is -1.49. The van der Waals surface area contributed by atoms with E-state index in [0.717, 1.165) is 19.5 Å². The summed E-state index contributed by atoms with van der Waals surface area (Å²) in [5, 5.41) is 0. The highest BCUT2D eigenvalue weighted by Crippen LogP contribution is 2.22. The highest BCUT2D eigenvalue weighted by molar-refractivity contribution is 5.84. The van der Waals surface area contributed by atoms with Crippen LogP contribution in [0.25, 0.3) is 0 Å². The molecule has 0 N–H and O–H groups in total. The maximum atomic E-state index is 13.7. The molecule has 0 aromatic carbocycles. The highest BCUT2D eigenvalue weighted by Gasteiger charge is 2.35. The van der Waals surface area contributed by atoms with Gasteiger partial charge in [-0.2, -0.15) is 0 Å². The number of carbonyl (C=O) groups excluding carboxylic acids is 1. The van der Waals surface area contributed by atoms with Crippen LogP contribution in [-0.4, -0.2) is 53.0 Å². The van der Waals surface area contributed by atoms with Crippen LogP contribution in [0.2, 0.25) is 0 Å². The predicted molar refractivity (Wildman–Crippen MR) is 80.4 cm³/mol. The SMILES string of the molecule is CN(Cc1cccnc1)CC1CCN(C(=O)C(C)(C)F)C1. The van der Waals surface area contributed by atoms with Gasteiger partial charge in [-0.1, -0.05) is 6.07 Å². The molecule has 2 heterocycles. The highest BCUT2D eigenvalue weighted by atomic mass is 19.1. The molecule has 2 rings (SSSR count). The van der Waals surface area contributed by atoms with Gasteiger partial charge in [-0.05, 0) is 44.9 Å². The average Bonchev–Trinajstić information content (AvgIpc) is 2.86. The number of amides is 1. The van der Waals surface area contributed by atoms with Crippen LogP contribution in [-0.2, 0) is 11.3 Å². The fourth-order valence-electron chi connectivity index (χ4n) is 2.85. The van der Waals surface area contributed by atoms with E-state index in [1.165, 1.54) is 19.4 Å². The van der Waals surface area contributed by atoms with Crippen LogP contribution in [0.3, 0.4) is 0 Å². The second-order valence-electron chi connectivity index (χ2n) is 6.44. The topological polar surface area (TPSA) is 36.4 Å². The summed E-state index contributed by atoms with van der Waals surface area (Å²) >= 11 is 0. The molecule has 0 bridgehead atoms. The first-order valence-electron chi connectivity index (χ1n) is 7.42. The number of likely N-dealkylation sites (tertiary alicyclic amines) is 1. The van der Waals surface area contributed by atoms with E-state index >= 15 is 0 Å². The molecule has 1 aliphatic heterocycles. The molecule has 116 valence electrons. The Morgan fingerprint density at radius 3 is 2.95 bits per heavy atom. The smallest absolute Gasteiger partial charge is 0.259 e. The minimum absolute atomic E-state index is 0.389. The quantitative estimate of drug-likeness (QED) is 0.834. The van der Waals surface area contributed by atoms with Gasteiger partial charge >= 0.3 is 0 Å². The van der Waals surface area contributed by atoms with Crippen LogP contribution in [0.4, 0.5) is 4.39 Å². The third-order valence-corrected chi connectivity index (χ3v) is 3.83. The van der Waals surface area contributed by atoms with Gasteiger partial charge in [0.2, 0.25) is 0 Å². The minimum atomic E-state index is -1.77. The maximum Gasteiger partial charge on any atom is 0.259 e. The molecule has 1 atom stereocenters. The summed E-state index contributed by atoms with van der Waals surface area (Å²) in [6.07, 6.45) is 4.58. The van der Waals surface area contributed by atoms with Crippen LogP contribution in [0.5, 0.6) is 0 Å². The fourth-order valence-corrected chi connectivity index (χ4v) is 2.85. The van der Waals surface area contributed by atoms with E-state index in [0.29, 0.717) is 19.0 Å². The summed E-state index contributed by atoms with van der Waals surface area (Å²) in [7, 11) is 2.07. The number of hydrogen-bond donors (Lipinski definition) is 0. The van der Waals surface area contributed by atoms with Crippen molar-refractivity contribution in [3.05, 3.63) is 30.1 Å². The van der Waals surface area contributed by atoms with Gasteiger partial charge < -0.3 is 9.80 Å². The predicted octanol–water partition coefficient (Wildman–Crippen LogP) is 2.11. The molecule has 5 heteroatoms. The van der Waals surface area contributed by atoms with E-state index < -0.39 is 5.67 Å². The van der Waals surface area contributed by atoms with Crippen LogP contribution in [0, 0.1) is 5.92 Å². The second kappa shape index (κ2) is 6.52. The van der Waals surface area contributed by atoms with Gasteiger partial charge in [0.05, 0.1) is 0 Å². The summed E-state index contributed by atoms with van der Waals surface area (Å²) < 4.78 is 13.7. The lowest BCUT2D eigenvalue weighted by Gasteiger charge is -2.24. The van der Waals surface area contributed by atoms with Crippen molar-refractivity contribution in [2.45, 2.75) is 32.5 Å². The van der Waals surface area contributed by atoms with Crippen molar-refractivity contribution >= 4 is 5.91 Å². The Morgan fingerprint density at radius 1 is 1.57 bits per heavy atom. The maximum absolute atomic E-state index is 13.7. The zero-order valence-corrected chi connectivity index (χ0v) is 13.1. The molecule has 1 aromatic heterocycles. The summed E-state index contributed by atoms with van der Waals surface area (Å²) in [5.74, 6) is 0.0258. The Kier molecular flexibility index (Phi) is 4.93. The van der Waals surface area contributed by atoms with Gasteiger partial charge in [0.25, 0.3) is 5.91 Å². The summed E-state index contributed by atoms with van der Waals surface area (Å²) in [4.78, 5) is 19.9. The number of pyridine rings is 1. The first-order chi connectivity index (χ1) is 9.86. The van der Waals surface area contributed by atoms with Crippen LogP contribution in [0.1, 0.15) is 25.8 Å². The average molecular weight is 293 g/mol. The third kappa shape index (κ3) is 4.49. The number of aromatic nitrogens is 1. The first-order valence-corrected chi connectivity index (χ1v) is 7.42. The molecule has 1 saturated heterocycles. The van der Waals surface area contributed by atoms with Gasteiger partial charge in [0, 0.05) is 38.6 Å². The monoisotopic (exact) mass is 293 g/mol. The molecule has 1 fully saturated rings. The number of nitrogens with zero attached hydrogens (tertiary/aromatic N) is 3. The number of rotatable bonds is 5. The normalized spacial score (nSPS) is 19.3. The van der Waals surface area contributed by atoms with E-state index in [2.05, 4.69) is 23.0 Å². The van der Waals surface area contributed by atoms with E-state index in [4.69, 9.17) is 0 Å². The lowest BCUT2D eigenvalue weighted by Crippen LogP contribution is -2.41. The molecule has 1 aromatic rings. The van der Waals surface area contributed by atoms with E-state index in [1.807, 2.05) is 12.3 Å². The number of alkyl halides is 1. The zero-order chi connectivity index (χ0) is 15.5. The standard InChI is InChI=1S/C16H24FN3O/c1-16(2,17)15(21)20-8-6-14(12-20)11-19(3)10-13-5-4-7-18-9-13/h4-5,7,9,14H,6,8,10-12H2,1-3H3. The van der Waals surface area contributed by atoms with Crippen molar-refractivity contribution in [1.82, 2.24) is 14.8 Å². The molecule has 4 nitrogen and oxygen atoms in total. The number of hydrogen-bond acceptors (Lipinski definition) is 3. The molecule has 1 aliphatic rings. The summed E-state index contributed by atoms with van der Waals surface area (Å²) in [6.45, 7) is 5.73. The number of halogens is 1. The molecule has 0 aliphatic carbocycles. The van der Waals surface area contributed by atoms with Crippen molar-refractivity contribution < 1.29 is 9.18 Å². The summed E-state index contributed by atoms with van der Waals surface area (Å²) in [5.41, 5.74) is -0.591. The molecule has 21 heavy (non-hydrogen) atoms. The number of carbonyl (C=O) groups is 1. The molecular weight excluding hydrogens is 269 g/mol. The van der Waals surface area contributed by atoms with E-state index in [1.54, 1.807) is 11.1 Å². The van der Waals surface area contributed by atoms with Gasteiger partial charge in [0.1, 0.15) is 0 Å². The molecule has 1 unspecified atom stereocenters. The van der Waals surface area contributed by atoms with Crippen LogP contribution >= 0.6 is 0 Å². The van der Waals surface area contributed by atoms with Gasteiger partial charge in [0.15, 0.2) is 5.67 Å². The van der Waals surface area contributed by atoms with Crippen molar-refractivity contribution in [2.75, 3.05) is 26.7 Å². The van der Waals surface area contributed by atoms with Gasteiger partial charge in [-0.3, -0.25) is 9.78 Å². The van der Waals surface area contributed by atoms with E-state index in [9.17, 15) is 9.18 Å². The van der Waals surface area contributed by atoms with Crippen molar-refractivity contribution in [2.24, 2.45) is 5.92 Å².